The first kappa shape index (κ1) is 6.60. The fraction of sp³-hybridized carbons (Fsp3) is 0.667. The molecule has 11 heavy (non-hydrogen) atoms. The van der Waals surface area contributed by atoms with Gasteiger partial charge in [0.1, 0.15) is 0 Å². The van der Waals surface area contributed by atoms with Gasteiger partial charge in [-0.25, -0.2) is 9.59 Å². The third-order valence-corrected chi connectivity index (χ3v) is 1.79. The summed E-state index contributed by atoms with van der Waals surface area (Å²) in [4.78, 5) is 21.2. The number of fused-ring (bicyclic) bond motifs is 1. The summed E-state index contributed by atoms with van der Waals surface area (Å²) in [5.41, 5.74) is 0. The van der Waals surface area contributed by atoms with Gasteiger partial charge in [-0.2, -0.15) is 0 Å². The Morgan fingerprint density at radius 2 is 1.55 bits per heavy atom. The molecule has 2 heterocycles. The highest BCUT2D eigenvalue weighted by Gasteiger charge is 2.41. The number of nitrogens with one attached hydrogen (secondary N) is 1. The Hall–Kier alpha value is -1.10. The summed E-state index contributed by atoms with van der Waals surface area (Å²) < 4.78 is 9.49. The van der Waals surface area contributed by atoms with Crippen LogP contribution in [-0.4, -0.2) is 37.2 Å². The summed E-state index contributed by atoms with van der Waals surface area (Å²) in [6.07, 6.45) is -0.555. The van der Waals surface area contributed by atoms with Crippen LogP contribution in [0.15, 0.2) is 0 Å². The fourth-order valence-electron chi connectivity index (χ4n) is 1.24. The van der Waals surface area contributed by atoms with E-state index in [1.54, 1.807) is 0 Å². The Bertz CT molecular complexity index is 193. The minimum Gasteiger partial charge on any atom is -0.449 e. The van der Waals surface area contributed by atoms with Crippen molar-refractivity contribution < 1.29 is 19.1 Å². The third kappa shape index (κ3) is 0.970. The quantitative estimate of drug-likeness (QED) is 0.340. The number of carbonyl (C=O) groups excluding carboxylic acids is 2. The maximum absolute atomic E-state index is 10.6. The van der Waals surface area contributed by atoms with E-state index in [2.05, 4.69) is 5.32 Å². The SMILES string of the molecule is O=C1OC2CNCC2OC1=O. The van der Waals surface area contributed by atoms with Gasteiger partial charge in [-0.3, -0.25) is 0 Å². The van der Waals surface area contributed by atoms with Crippen molar-refractivity contribution in [1.29, 1.82) is 0 Å². The second-order valence-electron chi connectivity index (χ2n) is 2.55. The molecule has 2 saturated heterocycles. The molecule has 2 fully saturated rings. The lowest BCUT2D eigenvalue weighted by Gasteiger charge is -2.23. The van der Waals surface area contributed by atoms with Crippen molar-refractivity contribution in [3.05, 3.63) is 0 Å². The van der Waals surface area contributed by atoms with E-state index in [0.29, 0.717) is 13.1 Å². The maximum Gasteiger partial charge on any atom is 0.417 e. The average molecular weight is 157 g/mol. The fourth-order valence-corrected chi connectivity index (χ4v) is 1.24. The van der Waals surface area contributed by atoms with Crippen LogP contribution in [0, 0.1) is 0 Å². The van der Waals surface area contributed by atoms with Crippen molar-refractivity contribution in [2.75, 3.05) is 13.1 Å². The first-order valence-corrected chi connectivity index (χ1v) is 3.39. The molecule has 2 aliphatic heterocycles. The smallest absolute Gasteiger partial charge is 0.417 e. The predicted octanol–water partition coefficient (Wildman–Crippen LogP) is -1.57. The molecule has 0 radical (unpaired) electrons. The van der Waals surface area contributed by atoms with Gasteiger partial charge in [0.25, 0.3) is 0 Å². The number of hydrogen-bond donors (Lipinski definition) is 1. The largest absolute Gasteiger partial charge is 0.449 e. The van der Waals surface area contributed by atoms with E-state index in [-0.39, 0.29) is 12.2 Å². The molecular formula is C6H7NO4. The Morgan fingerprint density at radius 3 is 2.00 bits per heavy atom. The zero-order valence-electron chi connectivity index (χ0n) is 5.70. The van der Waals surface area contributed by atoms with Crippen LogP contribution in [0.4, 0.5) is 0 Å². The summed E-state index contributed by atoms with van der Waals surface area (Å²) in [5, 5.41) is 2.95. The number of hydrogen-bond acceptors (Lipinski definition) is 5. The van der Waals surface area contributed by atoms with E-state index in [4.69, 9.17) is 9.47 Å². The molecule has 0 saturated carbocycles. The topological polar surface area (TPSA) is 64.6 Å². The summed E-state index contributed by atoms with van der Waals surface area (Å²) >= 11 is 0. The zero-order chi connectivity index (χ0) is 7.84. The molecule has 0 aromatic heterocycles. The molecular weight excluding hydrogens is 150 g/mol. The second kappa shape index (κ2) is 2.20. The van der Waals surface area contributed by atoms with Gasteiger partial charge in [0.05, 0.1) is 0 Å². The predicted molar refractivity (Wildman–Crippen MR) is 32.6 cm³/mol. The highest BCUT2D eigenvalue weighted by molar-refractivity contribution is 6.30. The van der Waals surface area contributed by atoms with Gasteiger partial charge >= 0.3 is 11.9 Å². The molecule has 0 aromatic carbocycles. The summed E-state index contributed by atoms with van der Waals surface area (Å²) in [5.74, 6) is -1.76. The monoisotopic (exact) mass is 157 g/mol. The van der Waals surface area contributed by atoms with Gasteiger partial charge in [-0.1, -0.05) is 0 Å². The van der Waals surface area contributed by atoms with Crippen LogP contribution in [0.25, 0.3) is 0 Å². The number of rotatable bonds is 0. The van der Waals surface area contributed by atoms with Gasteiger partial charge in [-0.05, 0) is 0 Å². The van der Waals surface area contributed by atoms with E-state index >= 15 is 0 Å². The van der Waals surface area contributed by atoms with E-state index in [1.807, 2.05) is 0 Å². The Labute approximate surface area is 62.7 Å². The van der Waals surface area contributed by atoms with Crippen molar-refractivity contribution in [2.24, 2.45) is 0 Å². The van der Waals surface area contributed by atoms with Gasteiger partial charge in [-0.15, -0.1) is 0 Å². The van der Waals surface area contributed by atoms with Crippen LogP contribution in [0.5, 0.6) is 0 Å². The lowest BCUT2D eigenvalue weighted by molar-refractivity contribution is -0.190. The van der Waals surface area contributed by atoms with Crippen LogP contribution in [0.2, 0.25) is 0 Å². The van der Waals surface area contributed by atoms with Crippen LogP contribution < -0.4 is 5.32 Å². The number of ether oxygens (including phenoxy) is 2. The minimum absolute atomic E-state index is 0.278. The molecule has 0 aliphatic carbocycles. The van der Waals surface area contributed by atoms with Gasteiger partial charge in [0.15, 0.2) is 12.2 Å². The van der Waals surface area contributed by atoms with E-state index < -0.39 is 11.9 Å². The number of carbonyl (C=O) groups is 2. The summed E-state index contributed by atoms with van der Waals surface area (Å²) in [6.45, 7) is 1.15. The molecule has 1 N–H and O–H groups in total. The maximum atomic E-state index is 10.6. The first-order valence-electron chi connectivity index (χ1n) is 3.39. The van der Waals surface area contributed by atoms with Gasteiger partial charge in [0, 0.05) is 13.1 Å². The zero-order valence-corrected chi connectivity index (χ0v) is 5.70. The molecule has 2 atom stereocenters. The van der Waals surface area contributed by atoms with Crippen LogP contribution in [0.1, 0.15) is 0 Å². The normalized spacial score (nSPS) is 36.0. The molecule has 5 heteroatoms. The second-order valence-corrected chi connectivity index (χ2v) is 2.55. The number of esters is 2. The Morgan fingerprint density at radius 1 is 1.09 bits per heavy atom. The van der Waals surface area contributed by atoms with E-state index in [0.717, 1.165) is 0 Å². The van der Waals surface area contributed by atoms with Crippen molar-refractivity contribution in [1.82, 2.24) is 5.32 Å². The third-order valence-electron chi connectivity index (χ3n) is 1.79. The van der Waals surface area contributed by atoms with Crippen molar-refractivity contribution in [3.8, 4) is 0 Å². The van der Waals surface area contributed by atoms with Crippen LogP contribution in [0.3, 0.4) is 0 Å². The van der Waals surface area contributed by atoms with E-state index in [1.165, 1.54) is 0 Å². The first-order chi connectivity index (χ1) is 5.27. The molecule has 0 amide bonds. The molecule has 5 nitrogen and oxygen atoms in total. The van der Waals surface area contributed by atoms with Gasteiger partial charge in [0.2, 0.25) is 0 Å². The highest BCUT2D eigenvalue weighted by atomic mass is 16.6. The molecule has 0 bridgehead atoms. The van der Waals surface area contributed by atoms with Crippen LogP contribution in [-0.2, 0) is 19.1 Å². The minimum atomic E-state index is -0.880. The average Bonchev–Trinajstić information content (AvgIpc) is 2.36. The van der Waals surface area contributed by atoms with Crippen molar-refractivity contribution >= 4 is 11.9 Å². The molecule has 2 unspecified atom stereocenters. The highest BCUT2D eigenvalue weighted by Crippen LogP contribution is 2.14. The lowest BCUT2D eigenvalue weighted by Crippen LogP contribution is -2.43. The summed E-state index contributed by atoms with van der Waals surface area (Å²) in [7, 11) is 0. The Balaban J connectivity index is 2.12. The van der Waals surface area contributed by atoms with Gasteiger partial charge < -0.3 is 14.8 Å². The standard InChI is InChI=1S/C6H7NO4/c8-5-6(9)11-4-2-7-1-3(4)10-5/h3-4,7H,1-2H2. The van der Waals surface area contributed by atoms with Crippen LogP contribution >= 0.6 is 0 Å². The molecule has 0 spiro atoms. The molecule has 2 rings (SSSR count). The molecule has 60 valence electrons. The summed E-state index contributed by atoms with van der Waals surface area (Å²) in [6, 6.07) is 0. The van der Waals surface area contributed by atoms with Crippen molar-refractivity contribution in [2.45, 2.75) is 12.2 Å². The van der Waals surface area contributed by atoms with E-state index in [9.17, 15) is 9.59 Å². The Kier molecular flexibility index (Phi) is 1.32. The lowest BCUT2D eigenvalue weighted by atomic mass is 10.2. The molecule has 0 aromatic rings. The van der Waals surface area contributed by atoms with Crippen molar-refractivity contribution in [3.63, 3.8) is 0 Å². The molecule has 2 aliphatic rings.